The van der Waals surface area contributed by atoms with Gasteiger partial charge in [0.25, 0.3) is 5.56 Å². The van der Waals surface area contributed by atoms with E-state index in [0.717, 1.165) is 11.4 Å². The number of hydrogen-bond donors (Lipinski definition) is 2. The van der Waals surface area contributed by atoms with Crippen molar-refractivity contribution in [3.8, 4) is 0 Å². The second-order valence-corrected chi connectivity index (χ2v) is 4.57. The quantitative estimate of drug-likeness (QED) is 0.698. The number of benzene rings is 2. The lowest BCUT2D eigenvalue weighted by Gasteiger charge is -2.21. The van der Waals surface area contributed by atoms with Gasteiger partial charge >= 0.3 is 0 Å². The van der Waals surface area contributed by atoms with Crippen molar-refractivity contribution in [3.63, 3.8) is 0 Å². The Morgan fingerprint density at radius 3 is 2.70 bits per heavy atom. The summed E-state index contributed by atoms with van der Waals surface area (Å²) in [7, 11) is 1.94. The van der Waals surface area contributed by atoms with Crippen molar-refractivity contribution in [2.75, 3.05) is 17.7 Å². The summed E-state index contributed by atoms with van der Waals surface area (Å²) in [4.78, 5) is 20.1. The van der Waals surface area contributed by atoms with Gasteiger partial charge in [-0.1, -0.05) is 18.2 Å². The molecule has 5 nitrogen and oxygen atoms in total. The van der Waals surface area contributed by atoms with E-state index < -0.39 is 0 Å². The first kappa shape index (κ1) is 12.2. The summed E-state index contributed by atoms with van der Waals surface area (Å²) in [5.41, 5.74) is 9.66. The monoisotopic (exact) mass is 266 g/mol. The Morgan fingerprint density at radius 1 is 1.20 bits per heavy atom. The molecule has 3 N–H and O–H groups in total. The van der Waals surface area contributed by atoms with E-state index in [4.69, 9.17) is 5.73 Å². The molecule has 0 unspecified atom stereocenters. The van der Waals surface area contributed by atoms with Gasteiger partial charge in [-0.2, -0.15) is 0 Å². The summed E-state index contributed by atoms with van der Waals surface area (Å²) >= 11 is 0. The number of aromatic amines is 1. The number of rotatable bonds is 2. The first-order valence-corrected chi connectivity index (χ1v) is 6.22. The van der Waals surface area contributed by atoms with Gasteiger partial charge in [0, 0.05) is 12.7 Å². The van der Waals surface area contributed by atoms with Gasteiger partial charge in [-0.15, -0.1) is 0 Å². The van der Waals surface area contributed by atoms with Gasteiger partial charge in [-0.25, -0.2) is 4.98 Å². The first-order chi connectivity index (χ1) is 9.65. The molecule has 3 rings (SSSR count). The lowest BCUT2D eigenvalue weighted by atomic mass is 10.2. The van der Waals surface area contributed by atoms with Gasteiger partial charge in [0.15, 0.2) is 0 Å². The van der Waals surface area contributed by atoms with Gasteiger partial charge in [0.1, 0.15) is 0 Å². The number of anilines is 3. The summed E-state index contributed by atoms with van der Waals surface area (Å²) in [6.07, 6.45) is 1.27. The van der Waals surface area contributed by atoms with Crippen LogP contribution in [0.1, 0.15) is 0 Å². The van der Waals surface area contributed by atoms with Gasteiger partial charge < -0.3 is 15.6 Å². The molecule has 5 heteroatoms. The first-order valence-electron chi connectivity index (χ1n) is 6.22. The third kappa shape index (κ3) is 2.09. The van der Waals surface area contributed by atoms with Gasteiger partial charge in [0.05, 0.1) is 28.6 Å². The SMILES string of the molecule is CN(c1ccccc1)c1cc2ncc(=O)[nH]c2cc1N. The minimum absolute atomic E-state index is 0.235. The number of fused-ring (bicyclic) bond motifs is 1. The van der Waals surface area contributed by atoms with Crippen LogP contribution in [-0.2, 0) is 0 Å². The molecule has 1 aromatic heterocycles. The van der Waals surface area contributed by atoms with E-state index in [1.54, 1.807) is 6.07 Å². The van der Waals surface area contributed by atoms with Crippen molar-refractivity contribution in [1.29, 1.82) is 0 Å². The Bertz CT molecular complexity index is 811. The fourth-order valence-electron chi connectivity index (χ4n) is 2.18. The summed E-state index contributed by atoms with van der Waals surface area (Å²) in [5.74, 6) is 0. The minimum Gasteiger partial charge on any atom is -0.397 e. The Balaban J connectivity index is 2.14. The van der Waals surface area contributed by atoms with E-state index in [-0.39, 0.29) is 5.56 Å². The zero-order chi connectivity index (χ0) is 14.1. The maximum absolute atomic E-state index is 11.3. The molecule has 0 saturated heterocycles. The van der Waals surface area contributed by atoms with Gasteiger partial charge in [-0.05, 0) is 24.3 Å². The number of nitrogens with zero attached hydrogens (tertiary/aromatic N) is 2. The molecule has 0 bridgehead atoms. The molecule has 1 heterocycles. The second-order valence-electron chi connectivity index (χ2n) is 4.57. The summed E-state index contributed by atoms with van der Waals surface area (Å²) < 4.78 is 0. The fourth-order valence-corrected chi connectivity index (χ4v) is 2.18. The number of para-hydroxylation sites is 1. The molecule has 0 atom stereocenters. The minimum atomic E-state index is -0.235. The van der Waals surface area contributed by atoms with Crippen LogP contribution in [0.5, 0.6) is 0 Å². The molecule has 3 aromatic rings. The number of hydrogen-bond acceptors (Lipinski definition) is 4. The van der Waals surface area contributed by atoms with E-state index in [0.29, 0.717) is 16.7 Å². The molecular formula is C15H14N4O. The highest BCUT2D eigenvalue weighted by molar-refractivity contribution is 5.88. The predicted molar refractivity (Wildman–Crippen MR) is 81.3 cm³/mol. The van der Waals surface area contributed by atoms with E-state index in [9.17, 15) is 4.79 Å². The van der Waals surface area contributed by atoms with Crippen molar-refractivity contribution in [1.82, 2.24) is 9.97 Å². The molecular weight excluding hydrogens is 252 g/mol. The van der Waals surface area contributed by atoms with E-state index in [1.165, 1.54) is 6.20 Å². The maximum Gasteiger partial charge on any atom is 0.266 e. The maximum atomic E-state index is 11.3. The van der Waals surface area contributed by atoms with Crippen molar-refractivity contribution in [2.45, 2.75) is 0 Å². The van der Waals surface area contributed by atoms with Crippen LogP contribution in [0.3, 0.4) is 0 Å². The summed E-state index contributed by atoms with van der Waals surface area (Å²) in [6, 6.07) is 13.5. The highest BCUT2D eigenvalue weighted by Gasteiger charge is 2.09. The van der Waals surface area contributed by atoms with E-state index >= 15 is 0 Å². The lowest BCUT2D eigenvalue weighted by Crippen LogP contribution is -2.12. The molecule has 0 aliphatic rings. The topological polar surface area (TPSA) is 75.0 Å². The van der Waals surface area contributed by atoms with Crippen LogP contribution in [0.25, 0.3) is 11.0 Å². The van der Waals surface area contributed by atoms with Crippen LogP contribution in [0.4, 0.5) is 17.1 Å². The van der Waals surface area contributed by atoms with Crippen molar-refractivity contribution < 1.29 is 0 Å². The van der Waals surface area contributed by atoms with E-state index in [1.807, 2.05) is 48.3 Å². The van der Waals surface area contributed by atoms with Crippen LogP contribution >= 0.6 is 0 Å². The highest BCUT2D eigenvalue weighted by Crippen LogP contribution is 2.31. The van der Waals surface area contributed by atoms with E-state index in [2.05, 4.69) is 9.97 Å². The lowest BCUT2D eigenvalue weighted by molar-refractivity contribution is 1.19. The normalized spacial score (nSPS) is 10.7. The highest BCUT2D eigenvalue weighted by atomic mass is 16.1. The molecule has 0 radical (unpaired) electrons. The van der Waals surface area contributed by atoms with Crippen molar-refractivity contribution >= 4 is 28.1 Å². The molecule has 100 valence electrons. The zero-order valence-corrected chi connectivity index (χ0v) is 11.0. The number of aromatic nitrogens is 2. The summed E-state index contributed by atoms with van der Waals surface area (Å²) in [5, 5.41) is 0. The number of nitrogen functional groups attached to an aromatic ring is 1. The summed E-state index contributed by atoms with van der Waals surface area (Å²) in [6.45, 7) is 0. The van der Waals surface area contributed by atoms with Gasteiger partial charge in [-0.3, -0.25) is 4.79 Å². The zero-order valence-electron chi connectivity index (χ0n) is 11.0. The molecule has 20 heavy (non-hydrogen) atoms. The Labute approximate surface area is 115 Å². The molecule has 0 spiro atoms. The van der Waals surface area contributed by atoms with Crippen LogP contribution < -0.4 is 16.2 Å². The van der Waals surface area contributed by atoms with Crippen LogP contribution in [0.15, 0.2) is 53.5 Å². The number of H-pyrrole nitrogens is 1. The molecule has 2 aromatic carbocycles. The molecule has 0 fully saturated rings. The Morgan fingerprint density at radius 2 is 1.95 bits per heavy atom. The average molecular weight is 266 g/mol. The van der Waals surface area contributed by atoms with Crippen LogP contribution in [-0.4, -0.2) is 17.0 Å². The molecule has 0 amide bonds. The molecule has 0 saturated carbocycles. The Hall–Kier alpha value is -2.82. The predicted octanol–water partition coefficient (Wildman–Crippen LogP) is 2.27. The van der Waals surface area contributed by atoms with Crippen LogP contribution in [0, 0.1) is 0 Å². The third-order valence-corrected chi connectivity index (χ3v) is 3.23. The largest absolute Gasteiger partial charge is 0.397 e. The molecule has 0 aliphatic carbocycles. The number of nitrogens with one attached hydrogen (secondary N) is 1. The van der Waals surface area contributed by atoms with Crippen LogP contribution in [0.2, 0.25) is 0 Å². The fraction of sp³-hybridized carbons (Fsp3) is 0.0667. The standard InChI is InChI=1S/C15H14N4O/c1-19(10-5-3-2-4-6-10)14-8-12-13(7-11(14)16)18-15(20)9-17-12/h2-9H,16H2,1H3,(H,18,20). The van der Waals surface area contributed by atoms with Crippen molar-refractivity contribution in [3.05, 3.63) is 59.0 Å². The second kappa shape index (κ2) is 4.70. The van der Waals surface area contributed by atoms with Crippen molar-refractivity contribution in [2.24, 2.45) is 0 Å². The molecule has 0 aliphatic heterocycles. The van der Waals surface area contributed by atoms with Gasteiger partial charge in [0.2, 0.25) is 0 Å². The average Bonchev–Trinajstić information content (AvgIpc) is 2.46. The number of nitrogens with two attached hydrogens (primary N) is 1. The third-order valence-electron chi connectivity index (χ3n) is 3.23. The smallest absolute Gasteiger partial charge is 0.266 e. The Kier molecular flexibility index (Phi) is 2.87.